The molecule has 2 heterocycles. The van der Waals surface area contributed by atoms with Crippen molar-refractivity contribution in [2.45, 2.75) is 25.8 Å². The van der Waals surface area contributed by atoms with Gasteiger partial charge in [-0.15, -0.1) is 0 Å². The fourth-order valence-electron chi connectivity index (χ4n) is 4.73. The number of aryl methyl sites for hydroxylation is 1. The van der Waals surface area contributed by atoms with E-state index >= 15 is 0 Å². The zero-order valence-electron chi connectivity index (χ0n) is 20.2. The summed E-state index contributed by atoms with van der Waals surface area (Å²) in [4.78, 5) is 19.9. The van der Waals surface area contributed by atoms with Crippen molar-refractivity contribution < 1.29 is 19.0 Å². The lowest BCUT2D eigenvalue weighted by Crippen LogP contribution is -2.25. The first-order valence-corrected chi connectivity index (χ1v) is 11.7. The Hall–Kier alpha value is -4.00. The second-order valence-corrected chi connectivity index (χ2v) is 8.67. The molecule has 1 amide bonds. The van der Waals surface area contributed by atoms with E-state index in [1.807, 2.05) is 67.6 Å². The van der Waals surface area contributed by atoms with Crippen molar-refractivity contribution in [2.75, 3.05) is 32.3 Å². The summed E-state index contributed by atoms with van der Waals surface area (Å²) in [7, 11) is 3.22. The molecule has 0 N–H and O–H groups in total. The maximum absolute atomic E-state index is 13.2. The molecule has 7 heteroatoms. The van der Waals surface area contributed by atoms with Crippen LogP contribution in [0.15, 0.2) is 66.7 Å². The minimum atomic E-state index is -0.0516. The Morgan fingerprint density at radius 2 is 1.77 bits per heavy atom. The van der Waals surface area contributed by atoms with E-state index in [1.54, 1.807) is 19.1 Å². The molecule has 1 unspecified atom stereocenters. The van der Waals surface area contributed by atoms with Crippen LogP contribution in [-0.2, 0) is 11.3 Å². The summed E-state index contributed by atoms with van der Waals surface area (Å²) in [5, 5.41) is 0. The number of aromatic nitrogens is 2. The number of hydrogen-bond acceptors (Lipinski definition) is 5. The van der Waals surface area contributed by atoms with Crippen LogP contribution >= 0.6 is 0 Å². The van der Waals surface area contributed by atoms with E-state index in [2.05, 4.69) is 10.6 Å². The Kier molecular flexibility index (Phi) is 6.31. The van der Waals surface area contributed by atoms with Crippen LogP contribution in [0.3, 0.4) is 0 Å². The first kappa shape index (κ1) is 22.8. The van der Waals surface area contributed by atoms with Crippen molar-refractivity contribution in [2.24, 2.45) is 0 Å². The number of imidazole rings is 1. The molecule has 0 spiro atoms. The van der Waals surface area contributed by atoms with Gasteiger partial charge in [-0.05, 0) is 42.8 Å². The van der Waals surface area contributed by atoms with E-state index in [-0.39, 0.29) is 11.8 Å². The molecule has 0 aliphatic carbocycles. The van der Waals surface area contributed by atoms with Crippen LogP contribution < -0.4 is 19.1 Å². The Morgan fingerprint density at radius 1 is 0.971 bits per heavy atom. The zero-order chi connectivity index (χ0) is 24.4. The summed E-state index contributed by atoms with van der Waals surface area (Å²) in [5.74, 6) is 3.08. The van der Waals surface area contributed by atoms with Gasteiger partial charge in [-0.3, -0.25) is 4.79 Å². The molecule has 1 aromatic heterocycles. The molecule has 1 saturated heterocycles. The van der Waals surface area contributed by atoms with Gasteiger partial charge < -0.3 is 23.7 Å². The highest BCUT2D eigenvalue weighted by molar-refractivity contribution is 5.98. The molecular weight excluding hydrogens is 442 g/mol. The predicted molar refractivity (Wildman–Crippen MR) is 136 cm³/mol. The van der Waals surface area contributed by atoms with Crippen molar-refractivity contribution in [1.82, 2.24) is 9.55 Å². The Labute approximate surface area is 204 Å². The zero-order valence-corrected chi connectivity index (χ0v) is 20.2. The summed E-state index contributed by atoms with van der Waals surface area (Å²) in [6.45, 7) is 3.70. The summed E-state index contributed by atoms with van der Waals surface area (Å²) in [6, 6.07) is 21.6. The van der Waals surface area contributed by atoms with Gasteiger partial charge in [-0.2, -0.15) is 0 Å². The molecule has 5 rings (SSSR count). The van der Waals surface area contributed by atoms with E-state index < -0.39 is 0 Å². The number of carbonyl (C=O) groups is 1. The average Bonchev–Trinajstić information content (AvgIpc) is 3.45. The Balaban J connectivity index is 1.43. The van der Waals surface area contributed by atoms with Crippen LogP contribution in [0.4, 0.5) is 5.69 Å². The van der Waals surface area contributed by atoms with Crippen molar-refractivity contribution >= 4 is 22.6 Å². The topological polar surface area (TPSA) is 65.8 Å². The number of para-hydroxylation sites is 3. The molecule has 3 aromatic carbocycles. The third kappa shape index (κ3) is 4.41. The number of anilines is 1. The number of methoxy groups -OCH3 is 2. The Bertz CT molecular complexity index is 1360. The van der Waals surface area contributed by atoms with E-state index in [0.29, 0.717) is 43.3 Å². The molecular formula is C28H29N3O4. The lowest BCUT2D eigenvalue weighted by atomic mass is 10.1. The summed E-state index contributed by atoms with van der Waals surface area (Å²) in [5.41, 5.74) is 3.78. The van der Waals surface area contributed by atoms with Crippen molar-refractivity contribution in [3.8, 4) is 17.2 Å². The fraction of sp³-hybridized carbons (Fsp3) is 0.286. The number of hydrogen-bond donors (Lipinski definition) is 0. The molecule has 35 heavy (non-hydrogen) atoms. The van der Waals surface area contributed by atoms with E-state index in [9.17, 15) is 4.79 Å². The molecule has 0 bridgehead atoms. The van der Waals surface area contributed by atoms with Gasteiger partial charge in [0.2, 0.25) is 5.91 Å². The highest BCUT2D eigenvalue weighted by atomic mass is 16.5. The van der Waals surface area contributed by atoms with Gasteiger partial charge in [0.05, 0.1) is 37.5 Å². The molecule has 1 atom stereocenters. The standard InChI is InChI=1S/C28H29N3O4/c1-19-8-4-7-11-25(19)35-15-14-30-23-10-6-5-9-22(23)29-28(30)20-16-27(32)31(18-20)24-17-21(33-2)12-13-26(24)34-3/h4-13,17,20H,14-16,18H2,1-3H3. The molecule has 0 saturated carbocycles. The third-order valence-electron chi connectivity index (χ3n) is 6.52. The van der Waals surface area contributed by atoms with Gasteiger partial charge in [0.1, 0.15) is 29.7 Å². The van der Waals surface area contributed by atoms with E-state index in [4.69, 9.17) is 19.2 Å². The number of amides is 1. The normalized spacial score (nSPS) is 15.6. The first-order valence-electron chi connectivity index (χ1n) is 11.7. The number of carbonyl (C=O) groups excluding carboxylic acids is 1. The van der Waals surface area contributed by atoms with Gasteiger partial charge in [0.15, 0.2) is 0 Å². The van der Waals surface area contributed by atoms with Gasteiger partial charge >= 0.3 is 0 Å². The number of nitrogens with zero attached hydrogens (tertiary/aromatic N) is 3. The highest BCUT2D eigenvalue weighted by Gasteiger charge is 2.36. The largest absolute Gasteiger partial charge is 0.497 e. The van der Waals surface area contributed by atoms with Crippen LogP contribution in [0.25, 0.3) is 11.0 Å². The summed E-state index contributed by atoms with van der Waals surface area (Å²) in [6.07, 6.45) is 0.377. The van der Waals surface area contributed by atoms with Gasteiger partial charge in [-0.1, -0.05) is 30.3 Å². The molecule has 1 aliphatic heterocycles. The second-order valence-electron chi connectivity index (χ2n) is 8.67. The number of fused-ring (bicyclic) bond motifs is 1. The SMILES string of the molecule is COc1ccc(OC)c(N2CC(c3nc4ccccc4n3CCOc3ccccc3C)CC2=O)c1. The number of rotatable bonds is 8. The Morgan fingerprint density at radius 3 is 2.57 bits per heavy atom. The average molecular weight is 472 g/mol. The fourth-order valence-corrected chi connectivity index (χ4v) is 4.73. The lowest BCUT2D eigenvalue weighted by molar-refractivity contribution is -0.117. The van der Waals surface area contributed by atoms with E-state index in [1.165, 1.54) is 0 Å². The molecule has 7 nitrogen and oxygen atoms in total. The van der Waals surface area contributed by atoms with Crippen LogP contribution in [-0.4, -0.2) is 42.8 Å². The number of ether oxygens (including phenoxy) is 3. The van der Waals surface area contributed by atoms with Crippen molar-refractivity contribution in [3.63, 3.8) is 0 Å². The van der Waals surface area contributed by atoms with Crippen molar-refractivity contribution in [1.29, 1.82) is 0 Å². The smallest absolute Gasteiger partial charge is 0.227 e. The maximum Gasteiger partial charge on any atom is 0.227 e. The second kappa shape index (κ2) is 9.70. The molecule has 1 fully saturated rings. The minimum absolute atomic E-state index is 0.0383. The van der Waals surface area contributed by atoms with Gasteiger partial charge in [0, 0.05) is 24.9 Å². The van der Waals surface area contributed by atoms with Crippen LogP contribution in [0.2, 0.25) is 0 Å². The molecule has 1 aliphatic rings. The lowest BCUT2D eigenvalue weighted by Gasteiger charge is -2.20. The van der Waals surface area contributed by atoms with E-state index in [0.717, 1.165) is 28.2 Å². The molecule has 180 valence electrons. The van der Waals surface area contributed by atoms with Crippen molar-refractivity contribution in [3.05, 3.63) is 78.1 Å². The van der Waals surface area contributed by atoms with Crippen LogP contribution in [0.1, 0.15) is 23.7 Å². The number of benzene rings is 3. The maximum atomic E-state index is 13.2. The first-order chi connectivity index (χ1) is 17.1. The monoisotopic (exact) mass is 471 g/mol. The summed E-state index contributed by atoms with van der Waals surface area (Å²) >= 11 is 0. The summed E-state index contributed by atoms with van der Waals surface area (Å²) < 4.78 is 19.2. The van der Waals surface area contributed by atoms with Gasteiger partial charge in [0.25, 0.3) is 0 Å². The van der Waals surface area contributed by atoms with Crippen LogP contribution in [0, 0.1) is 6.92 Å². The quantitative estimate of drug-likeness (QED) is 0.363. The van der Waals surface area contributed by atoms with Gasteiger partial charge in [-0.25, -0.2) is 4.98 Å². The highest BCUT2D eigenvalue weighted by Crippen LogP contribution is 2.39. The molecule has 0 radical (unpaired) electrons. The molecule has 4 aromatic rings. The minimum Gasteiger partial charge on any atom is -0.497 e. The van der Waals surface area contributed by atoms with Crippen LogP contribution in [0.5, 0.6) is 17.2 Å². The third-order valence-corrected chi connectivity index (χ3v) is 6.52. The predicted octanol–water partition coefficient (Wildman–Crippen LogP) is 4.96.